The van der Waals surface area contributed by atoms with Gasteiger partial charge in [0.15, 0.2) is 0 Å². The molecule has 0 radical (unpaired) electrons. The summed E-state index contributed by atoms with van der Waals surface area (Å²) in [7, 11) is 0. The van der Waals surface area contributed by atoms with Crippen LogP contribution in [-0.4, -0.2) is 18.5 Å². The van der Waals surface area contributed by atoms with Crippen molar-refractivity contribution in [3.05, 3.63) is 22.4 Å². The predicted octanol–water partition coefficient (Wildman–Crippen LogP) is 1.12. The second-order valence-corrected chi connectivity index (χ2v) is 4.48. The van der Waals surface area contributed by atoms with E-state index in [1.807, 2.05) is 6.07 Å². The molecule has 2 rings (SSSR count). The van der Waals surface area contributed by atoms with Gasteiger partial charge in [0.05, 0.1) is 6.04 Å². The molecule has 1 aliphatic rings. The van der Waals surface area contributed by atoms with Crippen molar-refractivity contribution in [1.29, 1.82) is 0 Å². The largest absolute Gasteiger partial charge is 0.355 e. The van der Waals surface area contributed by atoms with Gasteiger partial charge in [-0.05, 0) is 24.3 Å². The fourth-order valence-corrected chi connectivity index (χ4v) is 2.26. The molecule has 2 heterocycles. The molecule has 1 aromatic heterocycles. The Morgan fingerprint density at radius 3 is 3.29 bits per heavy atom. The van der Waals surface area contributed by atoms with Crippen LogP contribution in [0.25, 0.3) is 0 Å². The van der Waals surface area contributed by atoms with Crippen molar-refractivity contribution >= 4 is 17.2 Å². The lowest BCUT2D eigenvalue weighted by atomic mass is 10.1. The first-order valence-electron chi connectivity index (χ1n) is 4.90. The highest BCUT2D eigenvalue weighted by Gasteiger charge is 2.20. The number of hydrogen-bond acceptors (Lipinski definition) is 3. The third-order valence-electron chi connectivity index (χ3n) is 2.39. The Bertz CT molecular complexity index is 297. The van der Waals surface area contributed by atoms with Gasteiger partial charge in [0.2, 0.25) is 5.91 Å². The van der Waals surface area contributed by atoms with Gasteiger partial charge in [0.25, 0.3) is 0 Å². The lowest BCUT2D eigenvalue weighted by molar-refractivity contribution is -0.124. The summed E-state index contributed by atoms with van der Waals surface area (Å²) >= 11 is 1.72. The molecule has 1 aliphatic heterocycles. The number of hydrogen-bond donors (Lipinski definition) is 2. The summed E-state index contributed by atoms with van der Waals surface area (Å²) in [5.74, 6) is 0.146. The van der Waals surface area contributed by atoms with Gasteiger partial charge < -0.3 is 10.6 Å². The third kappa shape index (κ3) is 2.33. The quantitative estimate of drug-likeness (QED) is 0.785. The van der Waals surface area contributed by atoms with E-state index >= 15 is 0 Å². The van der Waals surface area contributed by atoms with Crippen molar-refractivity contribution < 1.29 is 4.79 Å². The maximum absolute atomic E-state index is 11.4. The molecule has 4 heteroatoms. The average Bonchev–Trinajstić information content (AvgIpc) is 2.69. The second-order valence-electron chi connectivity index (χ2n) is 3.45. The van der Waals surface area contributed by atoms with Gasteiger partial charge in [-0.1, -0.05) is 6.07 Å². The van der Waals surface area contributed by atoms with Crippen molar-refractivity contribution in [2.75, 3.05) is 6.54 Å². The number of rotatable bonds is 3. The van der Waals surface area contributed by atoms with Crippen molar-refractivity contribution in [2.24, 2.45) is 0 Å². The molecule has 1 saturated heterocycles. The van der Waals surface area contributed by atoms with E-state index in [0.717, 1.165) is 25.9 Å². The molecule has 14 heavy (non-hydrogen) atoms. The lowest BCUT2D eigenvalue weighted by Crippen LogP contribution is -2.47. The summed E-state index contributed by atoms with van der Waals surface area (Å²) < 4.78 is 0. The Morgan fingerprint density at radius 1 is 1.64 bits per heavy atom. The summed E-state index contributed by atoms with van der Waals surface area (Å²) in [6.45, 7) is 1.63. The molecule has 0 aromatic carbocycles. The summed E-state index contributed by atoms with van der Waals surface area (Å²) in [5.41, 5.74) is 0. The number of carbonyl (C=O) groups is 1. The van der Waals surface area contributed by atoms with Gasteiger partial charge in [0.1, 0.15) is 0 Å². The van der Waals surface area contributed by atoms with Crippen LogP contribution in [0.5, 0.6) is 0 Å². The Hall–Kier alpha value is -0.870. The number of amides is 1. The first-order valence-corrected chi connectivity index (χ1v) is 5.78. The third-order valence-corrected chi connectivity index (χ3v) is 3.26. The summed E-state index contributed by atoms with van der Waals surface area (Å²) in [6.07, 6.45) is 2.03. The average molecular weight is 210 g/mol. The van der Waals surface area contributed by atoms with E-state index in [0.29, 0.717) is 0 Å². The van der Waals surface area contributed by atoms with Gasteiger partial charge in [-0.25, -0.2) is 0 Å². The molecular formula is C10H14N2OS. The molecule has 0 bridgehead atoms. The van der Waals surface area contributed by atoms with Crippen LogP contribution in [-0.2, 0) is 11.3 Å². The number of nitrogens with one attached hydrogen (secondary N) is 2. The monoisotopic (exact) mass is 210 g/mol. The van der Waals surface area contributed by atoms with E-state index in [1.165, 1.54) is 4.88 Å². The topological polar surface area (TPSA) is 41.1 Å². The fourth-order valence-electron chi connectivity index (χ4n) is 1.60. The Kier molecular flexibility index (Phi) is 3.16. The molecule has 1 fully saturated rings. The Morgan fingerprint density at radius 2 is 2.57 bits per heavy atom. The minimum Gasteiger partial charge on any atom is -0.355 e. The summed E-state index contributed by atoms with van der Waals surface area (Å²) in [5, 5.41) is 8.19. The minimum atomic E-state index is 0.00542. The first-order chi connectivity index (χ1) is 6.86. The van der Waals surface area contributed by atoms with Crippen LogP contribution < -0.4 is 10.6 Å². The first kappa shape index (κ1) is 9.68. The lowest BCUT2D eigenvalue weighted by Gasteiger charge is -2.22. The SMILES string of the molecule is O=C1NCCCC1NCc1cccs1. The van der Waals surface area contributed by atoms with Crippen LogP contribution in [0.3, 0.4) is 0 Å². The molecular weight excluding hydrogens is 196 g/mol. The van der Waals surface area contributed by atoms with Crippen molar-refractivity contribution in [3.8, 4) is 0 Å². The number of thiophene rings is 1. The molecule has 1 unspecified atom stereocenters. The molecule has 0 saturated carbocycles. The highest BCUT2D eigenvalue weighted by Crippen LogP contribution is 2.09. The smallest absolute Gasteiger partial charge is 0.237 e. The molecule has 3 nitrogen and oxygen atoms in total. The highest BCUT2D eigenvalue weighted by atomic mass is 32.1. The van der Waals surface area contributed by atoms with Crippen molar-refractivity contribution in [2.45, 2.75) is 25.4 Å². The second kappa shape index (κ2) is 4.57. The maximum atomic E-state index is 11.4. The van der Waals surface area contributed by atoms with Crippen LogP contribution >= 0.6 is 11.3 Å². The van der Waals surface area contributed by atoms with Gasteiger partial charge in [-0.15, -0.1) is 11.3 Å². The summed E-state index contributed by atoms with van der Waals surface area (Å²) in [4.78, 5) is 12.7. The standard InChI is InChI=1S/C10H14N2OS/c13-10-9(4-1-5-11-10)12-7-8-3-2-6-14-8/h2-3,6,9,12H,1,4-5,7H2,(H,11,13). The Balaban J connectivity index is 1.82. The summed E-state index contributed by atoms with van der Waals surface area (Å²) in [6, 6.07) is 4.12. The van der Waals surface area contributed by atoms with E-state index in [4.69, 9.17) is 0 Å². The maximum Gasteiger partial charge on any atom is 0.237 e. The van der Waals surface area contributed by atoms with Crippen LogP contribution in [0.2, 0.25) is 0 Å². The fraction of sp³-hybridized carbons (Fsp3) is 0.500. The van der Waals surface area contributed by atoms with E-state index < -0.39 is 0 Å². The molecule has 0 spiro atoms. The molecule has 1 atom stereocenters. The van der Waals surface area contributed by atoms with Gasteiger partial charge >= 0.3 is 0 Å². The van der Waals surface area contributed by atoms with E-state index in [2.05, 4.69) is 22.1 Å². The van der Waals surface area contributed by atoms with Crippen LogP contribution in [0.4, 0.5) is 0 Å². The molecule has 1 aromatic rings. The minimum absolute atomic E-state index is 0.00542. The number of carbonyl (C=O) groups excluding carboxylic acids is 1. The van der Waals surface area contributed by atoms with Gasteiger partial charge in [-0.3, -0.25) is 4.79 Å². The van der Waals surface area contributed by atoms with Crippen molar-refractivity contribution in [3.63, 3.8) is 0 Å². The zero-order valence-corrected chi connectivity index (χ0v) is 8.77. The zero-order valence-electron chi connectivity index (χ0n) is 7.95. The Labute approximate surface area is 87.5 Å². The van der Waals surface area contributed by atoms with Gasteiger partial charge in [0, 0.05) is 18.0 Å². The highest BCUT2D eigenvalue weighted by molar-refractivity contribution is 7.09. The normalized spacial score (nSPS) is 22.0. The van der Waals surface area contributed by atoms with Crippen molar-refractivity contribution in [1.82, 2.24) is 10.6 Å². The molecule has 1 amide bonds. The molecule has 76 valence electrons. The predicted molar refractivity (Wildman–Crippen MR) is 57.2 cm³/mol. The zero-order chi connectivity index (χ0) is 9.80. The van der Waals surface area contributed by atoms with Crippen LogP contribution in [0, 0.1) is 0 Å². The van der Waals surface area contributed by atoms with Crippen LogP contribution in [0.1, 0.15) is 17.7 Å². The van der Waals surface area contributed by atoms with E-state index in [-0.39, 0.29) is 11.9 Å². The van der Waals surface area contributed by atoms with E-state index in [1.54, 1.807) is 11.3 Å². The van der Waals surface area contributed by atoms with E-state index in [9.17, 15) is 4.79 Å². The molecule has 0 aliphatic carbocycles. The number of piperidine rings is 1. The van der Waals surface area contributed by atoms with Crippen LogP contribution in [0.15, 0.2) is 17.5 Å². The molecule has 2 N–H and O–H groups in total. The van der Waals surface area contributed by atoms with Gasteiger partial charge in [-0.2, -0.15) is 0 Å².